The van der Waals surface area contributed by atoms with Crippen LogP contribution in [0.5, 0.6) is 5.75 Å². The first kappa shape index (κ1) is 23.5. The van der Waals surface area contributed by atoms with Crippen LogP contribution >= 0.6 is 11.8 Å². The minimum Gasteiger partial charge on any atom is -0.492 e. The van der Waals surface area contributed by atoms with E-state index in [0.717, 1.165) is 29.1 Å². The van der Waals surface area contributed by atoms with Crippen LogP contribution in [0.3, 0.4) is 0 Å². The van der Waals surface area contributed by atoms with Crippen molar-refractivity contribution in [1.29, 1.82) is 0 Å². The fourth-order valence-corrected chi connectivity index (χ4v) is 5.16. The highest BCUT2D eigenvalue weighted by atomic mass is 32.2. The van der Waals surface area contributed by atoms with Gasteiger partial charge in [0.25, 0.3) is 5.91 Å². The van der Waals surface area contributed by atoms with Crippen molar-refractivity contribution in [3.63, 3.8) is 0 Å². The third-order valence-corrected chi connectivity index (χ3v) is 7.34. The number of Topliss-reactive ketones (excluding diaryl/α,β-unsaturated/α-hetero) is 2. The van der Waals surface area contributed by atoms with Crippen molar-refractivity contribution < 1.29 is 24.2 Å². The Morgan fingerprint density at radius 1 is 1.09 bits per heavy atom. The van der Waals surface area contributed by atoms with Gasteiger partial charge in [0.1, 0.15) is 12.4 Å². The van der Waals surface area contributed by atoms with E-state index >= 15 is 0 Å². The van der Waals surface area contributed by atoms with Crippen LogP contribution < -0.4 is 10.5 Å². The number of thioether (sulfide) groups is 1. The lowest BCUT2D eigenvalue weighted by Crippen LogP contribution is -2.46. The average molecular weight is 469 g/mol. The molecular formula is C25H28N2O5S. The van der Waals surface area contributed by atoms with Gasteiger partial charge in [-0.1, -0.05) is 12.1 Å². The van der Waals surface area contributed by atoms with Gasteiger partial charge in [-0.15, -0.1) is 11.8 Å². The van der Waals surface area contributed by atoms with Crippen molar-refractivity contribution in [2.75, 3.05) is 32.6 Å². The SMILES string of the molecule is CSc1cc(CC(=O)C(=O)CO)cc(C(=O)N2CCC3(CC2)COc2ccc(CN)cc23)c1. The highest BCUT2D eigenvalue weighted by molar-refractivity contribution is 7.98. The number of carbonyl (C=O) groups excluding carboxylic acids is 3. The standard InChI is InChI=1S/C25H28N2O5S/c1-33-19-9-17(11-21(29)22(30)14-28)8-18(12-19)24(31)27-6-4-25(5-7-27)15-32-23-3-2-16(13-26)10-20(23)25/h2-3,8-10,12,28H,4-7,11,13-15,26H2,1H3. The lowest BCUT2D eigenvalue weighted by atomic mass is 9.74. The number of hydrogen-bond donors (Lipinski definition) is 2. The predicted octanol–water partition coefficient (Wildman–Crippen LogP) is 2.11. The molecule has 1 amide bonds. The minimum absolute atomic E-state index is 0.0854. The smallest absolute Gasteiger partial charge is 0.253 e. The number of benzene rings is 2. The Hall–Kier alpha value is -2.68. The molecule has 0 radical (unpaired) electrons. The zero-order chi connectivity index (χ0) is 23.6. The van der Waals surface area contributed by atoms with Crippen LogP contribution in [0.4, 0.5) is 0 Å². The number of amides is 1. The summed E-state index contributed by atoms with van der Waals surface area (Å²) in [6.45, 7) is 1.51. The number of likely N-dealkylation sites (tertiary alicyclic amines) is 1. The fourth-order valence-electron chi connectivity index (χ4n) is 4.65. The van der Waals surface area contributed by atoms with Crippen molar-refractivity contribution >= 4 is 29.2 Å². The number of piperidine rings is 1. The summed E-state index contributed by atoms with van der Waals surface area (Å²) in [4.78, 5) is 39.5. The molecule has 0 aromatic heterocycles. The van der Waals surface area contributed by atoms with E-state index in [0.29, 0.717) is 37.4 Å². The lowest BCUT2D eigenvalue weighted by molar-refractivity contribution is -0.137. The Morgan fingerprint density at radius 3 is 2.52 bits per heavy atom. The second-order valence-corrected chi connectivity index (χ2v) is 9.53. The van der Waals surface area contributed by atoms with Crippen LogP contribution in [0.2, 0.25) is 0 Å². The Kier molecular flexibility index (Phi) is 6.88. The van der Waals surface area contributed by atoms with E-state index in [-0.39, 0.29) is 17.7 Å². The van der Waals surface area contributed by atoms with E-state index in [4.69, 9.17) is 15.6 Å². The molecule has 2 aliphatic rings. The molecule has 4 rings (SSSR count). The molecule has 2 aromatic carbocycles. The van der Waals surface area contributed by atoms with Gasteiger partial charge in [0.05, 0.1) is 6.61 Å². The van der Waals surface area contributed by atoms with Gasteiger partial charge in [0.15, 0.2) is 0 Å². The van der Waals surface area contributed by atoms with Gasteiger partial charge in [-0.25, -0.2) is 0 Å². The Bertz CT molecular complexity index is 1090. The van der Waals surface area contributed by atoms with Crippen LogP contribution in [0.25, 0.3) is 0 Å². The molecule has 174 valence electrons. The van der Waals surface area contributed by atoms with Crippen LogP contribution in [0.15, 0.2) is 41.3 Å². The van der Waals surface area contributed by atoms with Gasteiger partial charge in [-0.05, 0) is 54.5 Å². The number of ketones is 2. The number of nitrogens with zero attached hydrogens (tertiary/aromatic N) is 1. The summed E-state index contributed by atoms with van der Waals surface area (Å²) in [6.07, 6.45) is 3.37. The summed E-state index contributed by atoms with van der Waals surface area (Å²) in [5.41, 5.74) is 9.10. The van der Waals surface area contributed by atoms with Crippen LogP contribution in [-0.2, 0) is 28.0 Å². The number of aliphatic hydroxyl groups excluding tert-OH is 1. The van der Waals surface area contributed by atoms with Gasteiger partial charge in [0.2, 0.25) is 11.6 Å². The third kappa shape index (κ3) is 4.69. The van der Waals surface area contributed by atoms with Gasteiger partial charge < -0.3 is 20.5 Å². The predicted molar refractivity (Wildman–Crippen MR) is 126 cm³/mol. The third-order valence-electron chi connectivity index (χ3n) is 6.63. The fraction of sp³-hybridized carbons (Fsp3) is 0.400. The van der Waals surface area contributed by atoms with Crippen LogP contribution in [-0.4, -0.2) is 60.0 Å². The monoisotopic (exact) mass is 468 g/mol. The normalized spacial score (nSPS) is 16.4. The van der Waals surface area contributed by atoms with Crippen LogP contribution in [0, 0.1) is 0 Å². The molecular weight excluding hydrogens is 440 g/mol. The van der Waals surface area contributed by atoms with Crippen molar-refractivity contribution in [1.82, 2.24) is 4.90 Å². The van der Waals surface area contributed by atoms with Crippen molar-refractivity contribution in [2.45, 2.75) is 36.1 Å². The first-order valence-corrected chi connectivity index (χ1v) is 12.2. The molecule has 7 nitrogen and oxygen atoms in total. The molecule has 0 saturated carbocycles. The lowest BCUT2D eigenvalue weighted by Gasteiger charge is -2.38. The number of carbonyl (C=O) groups is 3. The van der Waals surface area contributed by atoms with Gasteiger partial charge in [-0.3, -0.25) is 14.4 Å². The molecule has 2 aliphatic heterocycles. The summed E-state index contributed by atoms with van der Waals surface area (Å²) >= 11 is 1.47. The zero-order valence-corrected chi connectivity index (χ0v) is 19.5. The molecule has 1 fully saturated rings. The molecule has 2 aromatic rings. The molecule has 1 spiro atoms. The summed E-state index contributed by atoms with van der Waals surface area (Å²) in [7, 11) is 0. The maximum atomic E-state index is 13.3. The number of ether oxygens (including phenoxy) is 1. The summed E-state index contributed by atoms with van der Waals surface area (Å²) in [6, 6.07) is 11.4. The minimum atomic E-state index is -0.824. The molecule has 2 heterocycles. The number of hydrogen-bond acceptors (Lipinski definition) is 7. The van der Waals surface area contributed by atoms with E-state index < -0.39 is 18.2 Å². The topological polar surface area (TPSA) is 110 Å². The number of nitrogens with two attached hydrogens (primary N) is 1. The highest BCUT2D eigenvalue weighted by Crippen LogP contribution is 2.46. The Morgan fingerprint density at radius 2 is 1.85 bits per heavy atom. The maximum absolute atomic E-state index is 13.3. The Balaban J connectivity index is 1.50. The first-order chi connectivity index (χ1) is 15.9. The molecule has 3 N–H and O–H groups in total. The highest BCUT2D eigenvalue weighted by Gasteiger charge is 2.44. The summed E-state index contributed by atoms with van der Waals surface area (Å²) in [5, 5.41) is 8.92. The quantitative estimate of drug-likeness (QED) is 0.473. The molecule has 0 atom stereocenters. The molecule has 0 bridgehead atoms. The van der Waals surface area contributed by atoms with E-state index in [1.54, 1.807) is 12.1 Å². The first-order valence-electron chi connectivity index (χ1n) is 11.0. The van der Waals surface area contributed by atoms with Gasteiger partial charge in [0, 0.05) is 47.5 Å². The van der Waals surface area contributed by atoms with Crippen LogP contribution in [0.1, 0.15) is 39.9 Å². The Labute approximate surface area is 197 Å². The van der Waals surface area contributed by atoms with Crippen molar-refractivity contribution in [3.05, 3.63) is 58.7 Å². The second kappa shape index (κ2) is 9.67. The van der Waals surface area contributed by atoms with E-state index in [1.165, 1.54) is 17.3 Å². The molecule has 33 heavy (non-hydrogen) atoms. The average Bonchev–Trinajstić information content (AvgIpc) is 3.20. The van der Waals surface area contributed by atoms with E-state index in [2.05, 4.69) is 6.07 Å². The van der Waals surface area contributed by atoms with Crippen molar-refractivity contribution in [3.8, 4) is 5.75 Å². The summed E-state index contributed by atoms with van der Waals surface area (Å²) in [5.74, 6) is -0.661. The largest absolute Gasteiger partial charge is 0.492 e. The molecule has 1 saturated heterocycles. The zero-order valence-electron chi connectivity index (χ0n) is 18.6. The maximum Gasteiger partial charge on any atom is 0.253 e. The molecule has 8 heteroatoms. The molecule has 0 aliphatic carbocycles. The number of aliphatic hydroxyl groups is 1. The number of rotatable bonds is 7. The van der Waals surface area contributed by atoms with E-state index in [9.17, 15) is 14.4 Å². The van der Waals surface area contributed by atoms with E-state index in [1.807, 2.05) is 29.4 Å². The van der Waals surface area contributed by atoms with Gasteiger partial charge in [-0.2, -0.15) is 0 Å². The molecule has 0 unspecified atom stereocenters. The second-order valence-electron chi connectivity index (χ2n) is 8.65. The number of fused-ring (bicyclic) bond motifs is 2. The summed E-state index contributed by atoms with van der Waals surface area (Å²) < 4.78 is 5.96. The van der Waals surface area contributed by atoms with Gasteiger partial charge >= 0.3 is 0 Å². The van der Waals surface area contributed by atoms with Crippen molar-refractivity contribution in [2.24, 2.45) is 5.73 Å².